The van der Waals surface area contributed by atoms with Crippen LogP contribution in [0.15, 0.2) is 18.2 Å². The molecule has 1 aromatic rings. The van der Waals surface area contributed by atoms with Gasteiger partial charge in [-0.15, -0.1) is 0 Å². The van der Waals surface area contributed by atoms with E-state index in [0.29, 0.717) is 19.5 Å². The number of carboxylic acid groups (broad SMARTS) is 1. The molecule has 0 saturated carbocycles. The topological polar surface area (TPSA) is 98.7 Å². The van der Waals surface area contributed by atoms with Crippen LogP contribution in [0.3, 0.4) is 0 Å². The van der Waals surface area contributed by atoms with Crippen LogP contribution in [0.5, 0.6) is 0 Å². The third kappa shape index (κ3) is 3.50. The van der Waals surface area contributed by atoms with E-state index >= 15 is 0 Å². The average molecular weight is 291 g/mol. The fraction of sp³-hybridized carbons (Fsp3) is 0.357. The molecule has 0 fully saturated rings. The van der Waals surface area contributed by atoms with Gasteiger partial charge in [0.1, 0.15) is 0 Å². The van der Waals surface area contributed by atoms with Crippen molar-refractivity contribution in [1.82, 2.24) is 10.6 Å². The average Bonchev–Trinajstić information content (AvgIpc) is 2.81. The van der Waals surface area contributed by atoms with Gasteiger partial charge in [0.25, 0.3) is 0 Å². The lowest BCUT2D eigenvalue weighted by molar-refractivity contribution is -0.118. The van der Waals surface area contributed by atoms with Crippen LogP contribution in [-0.4, -0.2) is 42.6 Å². The number of carbonyl (C=O) groups excluding carboxylic acids is 2. The van der Waals surface area contributed by atoms with Crippen LogP contribution < -0.4 is 15.5 Å². The zero-order valence-electron chi connectivity index (χ0n) is 11.7. The molecule has 3 amide bonds. The molecular formula is C14H17N3O4. The molecule has 0 saturated heterocycles. The Morgan fingerprint density at radius 3 is 2.76 bits per heavy atom. The number of amides is 3. The summed E-state index contributed by atoms with van der Waals surface area (Å²) < 4.78 is 0. The monoisotopic (exact) mass is 291 g/mol. The molecule has 0 atom stereocenters. The molecule has 0 spiro atoms. The highest BCUT2D eigenvalue weighted by atomic mass is 16.4. The number of aromatic carboxylic acids is 1. The third-order valence-corrected chi connectivity index (χ3v) is 3.24. The van der Waals surface area contributed by atoms with E-state index in [4.69, 9.17) is 5.11 Å². The largest absolute Gasteiger partial charge is 0.478 e. The number of hydrogen-bond donors (Lipinski definition) is 3. The second-order valence-corrected chi connectivity index (χ2v) is 4.73. The fourth-order valence-corrected chi connectivity index (χ4v) is 2.31. The molecule has 1 aliphatic rings. The molecule has 0 aliphatic carbocycles. The minimum atomic E-state index is -0.967. The number of nitrogens with one attached hydrogen (secondary N) is 2. The summed E-state index contributed by atoms with van der Waals surface area (Å²) >= 11 is 0. The number of carboxylic acids is 1. The highest BCUT2D eigenvalue weighted by Gasteiger charge is 2.22. The Kier molecular flexibility index (Phi) is 4.42. The maximum Gasteiger partial charge on any atom is 0.335 e. The van der Waals surface area contributed by atoms with Gasteiger partial charge in [-0.3, -0.25) is 10.1 Å². The van der Waals surface area contributed by atoms with Crippen LogP contribution in [0.4, 0.5) is 10.5 Å². The number of hydrogen-bond acceptors (Lipinski definition) is 4. The SMILES string of the molecule is CCNC(=O)NC(=O)CN1CCc2cc(C(=O)O)ccc21. The molecule has 0 aromatic heterocycles. The van der Waals surface area contributed by atoms with Crippen molar-refractivity contribution in [2.24, 2.45) is 0 Å². The predicted molar refractivity (Wildman–Crippen MR) is 76.5 cm³/mol. The van der Waals surface area contributed by atoms with E-state index in [1.807, 2.05) is 4.90 Å². The number of anilines is 1. The van der Waals surface area contributed by atoms with E-state index in [0.717, 1.165) is 11.3 Å². The first-order valence-electron chi connectivity index (χ1n) is 6.70. The third-order valence-electron chi connectivity index (χ3n) is 3.24. The molecule has 0 bridgehead atoms. The lowest BCUT2D eigenvalue weighted by atomic mass is 10.1. The molecule has 21 heavy (non-hydrogen) atoms. The van der Waals surface area contributed by atoms with Crippen molar-refractivity contribution >= 4 is 23.6 Å². The molecule has 112 valence electrons. The van der Waals surface area contributed by atoms with Gasteiger partial charge in [-0.2, -0.15) is 0 Å². The van der Waals surface area contributed by atoms with Gasteiger partial charge in [-0.25, -0.2) is 9.59 Å². The predicted octanol–water partition coefficient (Wildman–Crippen LogP) is 0.593. The molecule has 2 rings (SSSR count). The summed E-state index contributed by atoms with van der Waals surface area (Å²) in [5, 5.41) is 13.7. The summed E-state index contributed by atoms with van der Waals surface area (Å²) in [6.07, 6.45) is 0.685. The maximum absolute atomic E-state index is 11.8. The second-order valence-electron chi connectivity index (χ2n) is 4.73. The number of benzene rings is 1. The van der Waals surface area contributed by atoms with Gasteiger partial charge in [0.15, 0.2) is 0 Å². The van der Waals surface area contributed by atoms with E-state index in [1.54, 1.807) is 19.1 Å². The summed E-state index contributed by atoms with van der Waals surface area (Å²) in [6, 6.07) is 4.33. The second kappa shape index (κ2) is 6.25. The first kappa shape index (κ1) is 14.8. The Morgan fingerprint density at radius 1 is 1.33 bits per heavy atom. The van der Waals surface area contributed by atoms with E-state index < -0.39 is 17.9 Å². The Bertz CT molecular complexity index is 586. The van der Waals surface area contributed by atoms with E-state index in [2.05, 4.69) is 10.6 Å². The summed E-state index contributed by atoms with van der Waals surface area (Å²) in [5.41, 5.74) is 1.98. The number of imide groups is 1. The van der Waals surface area contributed by atoms with Crippen LogP contribution in [0.1, 0.15) is 22.8 Å². The fourth-order valence-electron chi connectivity index (χ4n) is 2.31. The van der Waals surface area contributed by atoms with Gasteiger partial charge < -0.3 is 15.3 Å². The van der Waals surface area contributed by atoms with Crippen molar-refractivity contribution in [3.05, 3.63) is 29.3 Å². The van der Waals surface area contributed by atoms with Gasteiger partial charge >= 0.3 is 12.0 Å². The van der Waals surface area contributed by atoms with Crippen LogP contribution in [0.2, 0.25) is 0 Å². The number of nitrogens with zero attached hydrogens (tertiary/aromatic N) is 1. The number of carbonyl (C=O) groups is 3. The lowest BCUT2D eigenvalue weighted by Gasteiger charge is -2.18. The van der Waals surface area contributed by atoms with Gasteiger partial charge in [0.05, 0.1) is 12.1 Å². The summed E-state index contributed by atoms with van der Waals surface area (Å²) in [5.74, 6) is -1.36. The zero-order chi connectivity index (χ0) is 15.4. The number of rotatable bonds is 4. The van der Waals surface area contributed by atoms with Crippen molar-refractivity contribution < 1.29 is 19.5 Å². The highest BCUT2D eigenvalue weighted by molar-refractivity contribution is 5.96. The van der Waals surface area contributed by atoms with E-state index in [1.165, 1.54) is 6.07 Å². The molecule has 0 radical (unpaired) electrons. The summed E-state index contributed by atoms with van der Waals surface area (Å²) in [4.78, 5) is 35.8. The number of urea groups is 1. The Hall–Kier alpha value is -2.57. The van der Waals surface area contributed by atoms with Crippen LogP contribution >= 0.6 is 0 Å². The van der Waals surface area contributed by atoms with Crippen molar-refractivity contribution in [2.45, 2.75) is 13.3 Å². The Balaban J connectivity index is 2.01. The zero-order valence-corrected chi connectivity index (χ0v) is 11.7. The van der Waals surface area contributed by atoms with Crippen LogP contribution in [0.25, 0.3) is 0 Å². The van der Waals surface area contributed by atoms with E-state index in [-0.39, 0.29) is 12.1 Å². The van der Waals surface area contributed by atoms with Crippen LogP contribution in [0, 0.1) is 0 Å². The van der Waals surface area contributed by atoms with Crippen LogP contribution in [-0.2, 0) is 11.2 Å². The standard InChI is InChI=1S/C14H17N3O4/c1-2-15-14(21)16-12(18)8-17-6-5-9-7-10(13(19)20)3-4-11(9)17/h3-4,7H,2,5-6,8H2,1H3,(H,19,20)(H2,15,16,18,21). The molecule has 1 heterocycles. The minimum absolute atomic E-state index is 0.0660. The van der Waals surface area contributed by atoms with Gasteiger partial charge in [0, 0.05) is 18.8 Å². The van der Waals surface area contributed by atoms with Crippen molar-refractivity contribution in [3.63, 3.8) is 0 Å². The smallest absolute Gasteiger partial charge is 0.335 e. The molecule has 3 N–H and O–H groups in total. The highest BCUT2D eigenvalue weighted by Crippen LogP contribution is 2.28. The van der Waals surface area contributed by atoms with Gasteiger partial charge in [-0.05, 0) is 37.1 Å². The first-order valence-corrected chi connectivity index (χ1v) is 6.70. The molecule has 1 aromatic carbocycles. The minimum Gasteiger partial charge on any atom is -0.478 e. The maximum atomic E-state index is 11.8. The molecule has 7 nitrogen and oxygen atoms in total. The van der Waals surface area contributed by atoms with Crippen molar-refractivity contribution in [2.75, 3.05) is 24.5 Å². The van der Waals surface area contributed by atoms with Crippen molar-refractivity contribution in [1.29, 1.82) is 0 Å². The first-order chi connectivity index (χ1) is 10.0. The molecular weight excluding hydrogens is 274 g/mol. The Labute approximate surface area is 121 Å². The number of fused-ring (bicyclic) bond motifs is 1. The summed E-state index contributed by atoms with van der Waals surface area (Å²) in [6.45, 7) is 2.90. The molecule has 7 heteroatoms. The molecule has 1 aliphatic heterocycles. The van der Waals surface area contributed by atoms with Gasteiger partial charge in [0.2, 0.25) is 5.91 Å². The lowest BCUT2D eigenvalue weighted by Crippen LogP contribution is -2.44. The summed E-state index contributed by atoms with van der Waals surface area (Å²) in [7, 11) is 0. The molecule has 0 unspecified atom stereocenters. The van der Waals surface area contributed by atoms with Crippen molar-refractivity contribution in [3.8, 4) is 0 Å². The Morgan fingerprint density at radius 2 is 2.10 bits per heavy atom. The van der Waals surface area contributed by atoms with E-state index in [9.17, 15) is 14.4 Å². The van der Waals surface area contributed by atoms with Gasteiger partial charge in [-0.1, -0.05) is 0 Å². The quantitative estimate of drug-likeness (QED) is 0.754. The normalized spacial score (nSPS) is 12.7.